The first-order valence-corrected chi connectivity index (χ1v) is 9.09. The second-order valence-corrected chi connectivity index (χ2v) is 7.55. The van der Waals surface area contributed by atoms with Gasteiger partial charge in [-0.1, -0.05) is 17.7 Å². The van der Waals surface area contributed by atoms with Crippen LogP contribution in [0, 0.1) is 5.82 Å². The Balaban J connectivity index is 1.70. The van der Waals surface area contributed by atoms with Gasteiger partial charge in [0.2, 0.25) is 5.91 Å². The number of amides is 1. The van der Waals surface area contributed by atoms with Crippen LogP contribution in [0.5, 0.6) is 0 Å². The molecule has 0 atom stereocenters. The summed E-state index contributed by atoms with van der Waals surface area (Å²) >= 11 is 6.96. The molecule has 0 N–H and O–H groups in total. The van der Waals surface area contributed by atoms with Crippen molar-refractivity contribution in [2.45, 2.75) is 12.5 Å². The van der Waals surface area contributed by atoms with E-state index in [1.165, 1.54) is 29.7 Å². The first-order chi connectivity index (χ1) is 12.7. The lowest BCUT2D eigenvalue weighted by Gasteiger charge is -2.38. The fourth-order valence-corrected chi connectivity index (χ4v) is 3.94. The van der Waals surface area contributed by atoms with Crippen LogP contribution in [0.2, 0.25) is 5.02 Å². The quantitative estimate of drug-likeness (QED) is 0.661. The molecule has 1 aromatic carbocycles. The van der Waals surface area contributed by atoms with Gasteiger partial charge in [-0.3, -0.25) is 9.59 Å². The van der Waals surface area contributed by atoms with Crippen LogP contribution in [0.3, 0.4) is 0 Å². The van der Waals surface area contributed by atoms with Gasteiger partial charge in [0, 0.05) is 10.9 Å². The van der Waals surface area contributed by atoms with Crippen LogP contribution in [0.1, 0.15) is 0 Å². The summed E-state index contributed by atoms with van der Waals surface area (Å²) in [6.07, 6.45) is 1.43. The monoisotopic (exact) mass is 413 g/mol. The van der Waals surface area contributed by atoms with Gasteiger partial charge in [0.05, 0.1) is 34.4 Å². The van der Waals surface area contributed by atoms with E-state index in [0.717, 1.165) is 9.58 Å². The summed E-state index contributed by atoms with van der Waals surface area (Å²) in [6.45, 7) is -1.75. The van der Waals surface area contributed by atoms with E-state index in [2.05, 4.69) is 5.10 Å². The third-order valence-corrected chi connectivity index (χ3v) is 5.52. The van der Waals surface area contributed by atoms with Gasteiger partial charge in [0.25, 0.3) is 11.5 Å². The van der Waals surface area contributed by atoms with Gasteiger partial charge in [0.15, 0.2) is 0 Å². The minimum atomic E-state index is -2.88. The zero-order chi connectivity index (χ0) is 19.3. The van der Waals surface area contributed by atoms with Gasteiger partial charge < -0.3 is 4.90 Å². The van der Waals surface area contributed by atoms with Crippen LogP contribution < -0.4 is 5.56 Å². The maximum absolute atomic E-state index is 13.8. The zero-order valence-corrected chi connectivity index (χ0v) is 15.2. The average molecular weight is 414 g/mol. The topological polar surface area (TPSA) is 55.2 Å². The van der Waals surface area contributed by atoms with Crippen molar-refractivity contribution >= 4 is 38.9 Å². The second-order valence-electron chi connectivity index (χ2n) is 6.23. The average Bonchev–Trinajstić information content (AvgIpc) is 3.02. The minimum Gasteiger partial charge on any atom is -0.329 e. The molecule has 0 spiro atoms. The van der Waals surface area contributed by atoms with Gasteiger partial charge in [-0.2, -0.15) is 5.10 Å². The minimum absolute atomic E-state index is 0.0330. The van der Waals surface area contributed by atoms with Crippen molar-refractivity contribution in [3.05, 3.63) is 51.0 Å². The number of aromatic nitrogens is 2. The number of carbonyl (C=O) groups excluding carboxylic acids is 1. The second kappa shape index (κ2) is 6.35. The van der Waals surface area contributed by atoms with E-state index in [-0.39, 0.29) is 5.02 Å². The summed E-state index contributed by atoms with van der Waals surface area (Å²) in [4.78, 5) is 25.8. The molecule has 0 bridgehead atoms. The lowest BCUT2D eigenvalue weighted by atomic mass is 10.1. The Morgan fingerprint density at radius 1 is 1.33 bits per heavy atom. The fourth-order valence-electron chi connectivity index (χ4n) is 2.90. The SMILES string of the molecule is O=C(Cn1ncc2scc(-c3ccc(Cl)c(F)c3)c2c1=O)N1CC(F)(F)C1. The summed E-state index contributed by atoms with van der Waals surface area (Å²) in [5.74, 6) is -4.10. The smallest absolute Gasteiger partial charge is 0.282 e. The molecule has 1 aliphatic rings. The summed E-state index contributed by atoms with van der Waals surface area (Å²) in [5.41, 5.74) is 0.418. The molecule has 1 aliphatic heterocycles. The van der Waals surface area contributed by atoms with Gasteiger partial charge >= 0.3 is 0 Å². The van der Waals surface area contributed by atoms with E-state index in [4.69, 9.17) is 11.6 Å². The number of nitrogens with zero attached hydrogens (tertiary/aromatic N) is 3. The number of halogens is 4. The van der Waals surface area contributed by atoms with E-state index in [0.29, 0.717) is 21.2 Å². The molecule has 1 amide bonds. The molecule has 2 aromatic heterocycles. The molecule has 10 heteroatoms. The molecule has 140 valence electrons. The predicted octanol–water partition coefficient (Wildman–Crippen LogP) is 3.40. The van der Waals surface area contributed by atoms with Crippen molar-refractivity contribution < 1.29 is 18.0 Å². The number of rotatable bonds is 3. The molecular formula is C17H11ClF3N3O2S. The summed E-state index contributed by atoms with van der Waals surface area (Å²) in [5, 5.41) is 5.90. The van der Waals surface area contributed by atoms with Crippen molar-refractivity contribution in [2.24, 2.45) is 0 Å². The number of benzene rings is 1. The Morgan fingerprint density at radius 2 is 2.07 bits per heavy atom. The first kappa shape index (κ1) is 18.0. The van der Waals surface area contributed by atoms with E-state index in [9.17, 15) is 22.8 Å². The Hall–Kier alpha value is -2.39. The number of hydrogen-bond donors (Lipinski definition) is 0. The molecular weight excluding hydrogens is 403 g/mol. The largest absolute Gasteiger partial charge is 0.329 e. The van der Waals surface area contributed by atoms with Gasteiger partial charge in [-0.15, -0.1) is 11.3 Å². The third kappa shape index (κ3) is 3.21. The van der Waals surface area contributed by atoms with Crippen molar-refractivity contribution in [1.82, 2.24) is 14.7 Å². The molecule has 3 heterocycles. The Kier molecular flexibility index (Phi) is 4.23. The third-order valence-electron chi connectivity index (χ3n) is 4.29. The number of likely N-dealkylation sites (tertiary alicyclic amines) is 1. The van der Waals surface area contributed by atoms with Crippen LogP contribution >= 0.6 is 22.9 Å². The van der Waals surface area contributed by atoms with Crippen molar-refractivity contribution in [1.29, 1.82) is 0 Å². The standard InChI is InChI=1S/C17H11ClF3N3O2S/c18-11-2-1-9(3-12(11)19)10-6-27-13-4-22-24(16(26)15(10)13)5-14(25)23-7-17(20,21)8-23/h1-4,6H,5,7-8H2. The maximum Gasteiger partial charge on any atom is 0.282 e. The number of fused-ring (bicyclic) bond motifs is 1. The Labute approximate surface area is 159 Å². The van der Waals surface area contributed by atoms with E-state index in [1.807, 2.05) is 0 Å². The molecule has 4 rings (SSSR count). The number of alkyl halides is 2. The molecule has 0 radical (unpaired) electrons. The highest BCUT2D eigenvalue weighted by Gasteiger charge is 2.46. The molecule has 1 fully saturated rings. The highest BCUT2D eigenvalue weighted by Crippen LogP contribution is 2.33. The van der Waals surface area contributed by atoms with Crippen molar-refractivity contribution in [3.8, 4) is 11.1 Å². The summed E-state index contributed by atoms with van der Waals surface area (Å²) < 4.78 is 41.1. The first-order valence-electron chi connectivity index (χ1n) is 7.83. The molecule has 5 nitrogen and oxygen atoms in total. The Morgan fingerprint density at radius 3 is 2.74 bits per heavy atom. The van der Waals surface area contributed by atoms with E-state index >= 15 is 0 Å². The highest BCUT2D eigenvalue weighted by molar-refractivity contribution is 7.17. The maximum atomic E-state index is 13.8. The number of thiophene rings is 1. The number of hydrogen-bond acceptors (Lipinski definition) is 4. The van der Waals surface area contributed by atoms with Gasteiger partial charge in [0.1, 0.15) is 12.4 Å². The molecule has 1 saturated heterocycles. The zero-order valence-electron chi connectivity index (χ0n) is 13.6. The number of carbonyl (C=O) groups is 1. The fraction of sp³-hybridized carbons (Fsp3) is 0.235. The molecule has 3 aromatic rings. The lowest BCUT2D eigenvalue weighted by molar-refractivity contribution is -0.166. The van der Waals surface area contributed by atoms with Gasteiger partial charge in [-0.05, 0) is 17.7 Å². The predicted molar refractivity (Wildman–Crippen MR) is 95.8 cm³/mol. The Bertz CT molecular complexity index is 1120. The van der Waals surface area contributed by atoms with Crippen molar-refractivity contribution in [2.75, 3.05) is 13.1 Å². The van der Waals surface area contributed by atoms with E-state index < -0.39 is 42.8 Å². The van der Waals surface area contributed by atoms with Crippen LogP contribution in [0.4, 0.5) is 13.2 Å². The molecule has 0 unspecified atom stereocenters. The normalized spacial score (nSPS) is 15.8. The molecule has 0 saturated carbocycles. The van der Waals surface area contributed by atoms with Crippen molar-refractivity contribution in [3.63, 3.8) is 0 Å². The van der Waals surface area contributed by atoms with Crippen LogP contribution in [0.25, 0.3) is 21.2 Å². The summed E-state index contributed by atoms with van der Waals surface area (Å²) in [6, 6.07) is 4.20. The van der Waals surface area contributed by atoms with E-state index in [1.54, 1.807) is 11.4 Å². The highest BCUT2D eigenvalue weighted by atomic mass is 35.5. The molecule has 27 heavy (non-hydrogen) atoms. The summed E-state index contributed by atoms with van der Waals surface area (Å²) in [7, 11) is 0. The van der Waals surface area contributed by atoms with Gasteiger partial charge in [-0.25, -0.2) is 17.9 Å². The van der Waals surface area contributed by atoms with Crippen LogP contribution in [0.15, 0.2) is 34.6 Å². The van der Waals surface area contributed by atoms with Crippen LogP contribution in [-0.4, -0.2) is 39.6 Å². The molecule has 0 aliphatic carbocycles. The lowest BCUT2D eigenvalue weighted by Crippen LogP contribution is -2.59. The van der Waals surface area contributed by atoms with Crippen LogP contribution in [-0.2, 0) is 11.3 Å².